The Morgan fingerprint density at radius 1 is 1.13 bits per heavy atom. The van der Waals surface area contributed by atoms with Gasteiger partial charge in [-0.1, -0.05) is 0 Å². The number of pyridine rings is 1. The number of nitrogens with one attached hydrogen (secondary N) is 2. The molecule has 0 saturated carbocycles. The van der Waals surface area contributed by atoms with Crippen molar-refractivity contribution >= 4 is 32.5 Å². The smallest absolute Gasteiger partial charge is 0.274 e. The SMILES string of the molecule is CN(C)S(=O)(=O)c1cc2c(c(-c3cn(C)c(=O)c4[nH]ccc34)c1)OC(C)(C)C(=O)N2. The predicted octanol–water partition coefficient (Wildman–Crippen LogP) is 1.89. The van der Waals surface area contributed by atoms with E-state index >= 15 is 0 Å². The lowest BCUT2D eigenvalue weighted by Gasteiger charge is -2.33. The summed E-state index contributed by atoms with van der Waals surface area (Å²) < 4.78 is 34.2. The van der Waals surface area contributed by atoms with Gasteiger partial charge in [0.25, 0.3) is 11.5 Å². The second-order valence-corrected chi connectivity index (χ2v) is 10.1. The van der Waals surface area contributed by atoms with Gasteiger partial charge in [-0.3, -0.25) is 9.59 Å². The third-order valence-electron chi connectivity index (χ3n) is 5.18. The molecule has 4 rings (SSSR count). The number of hydrogen-bond acceptors (Lipinski definition) is 5. The minimum atomic E-state index is -3.80. The van der Waals surface area contributed by atoms with Crippen LogP contribution in [0.25, 0.3) is 22.0 Å². The highest BCUT2D eigenvalue weighted by Gasteiger charge is 2.38. The number of aryl methyl sites for hydroxylation is 1. The third kappa shape index (κ3) is 2.91. The van der Waals surface area contributed by atoms with Crippen LogP contribution in [0.3, 0.4) is 0 Å². The van der Waals surface area contributed by atoms with Gasteiger partial charge in [0.2, 0.25) is 10.0 Å². The molecular formula is C20H22N4O5S. The molecule has 2 aromatic heterocycles. The van der Waals surface area contributed by atoms with Gasteiger partial charge in [-0.15, -0.1) is 0 Å². The molecule has 10 heteroatoms. The molecule has 0 spiro atoms. The molecule has 30 heavy (non-hydrogen) atoms. The fourth-order valence-corrected chi connectivity index (χ4v) is 4.38. The van der Waals surface area contributed by atoms with E-state index in [1.165, 1.54) is 30.8 Å². The van der Waals surface area contributed by atoms with Gasteiger partial charge in [-0.05, 0) is 32.0 Å². The number of aromatic amines is 1. The van der Waals surface area contributed by atoms with E-state index in [0.29, 0.717) is 27.8 Å². The van der Waals surface area contributed by atoms with Crippen LogP contribution in [0.4, 0.5) is 5.69 Å². The van der Waals surface area contributed by atoms with E-state index in [1.54, 1.807) is 39.4 Å². The molecule has 9 nitrogen and oxygen atoms in total. The lowest BCUT2D eigenvalue weighted by Crippen LogP contribution is -2.46. The quantitative estimate of drug-likeness (QED) is 0.659. The number of aromatic nitrogens is 2. The maximum absolute atomic E-state index is 12.9. The Morgan fingerprint density at radius 2 is 1.83 bits per heavy atom. The summed E-state index contributed by atoms with van der Waals surface area (Å²) in [6, 6.07) is 4.64. The molecule has 1 aliphatic rings. The molecule has 0 radical (unpaired) electrons. The lowest BCUT2D eigenvalue weighted by molar-refractivity contribution is -0.129. The molecule has 1 amide bonds. The van der Waals surface area contributed by atoms with Gasteiger partial charge in [0.15, 0.2) is 11.4 Å². The Kier molecular flexibility index (Phi) is 4.33. The molecular weight excluding hydrogens is 408 g/mol. The van der Waals surface area contributed by atoms with Crippen LogP contribution in [0, 0.1) is 0 Å². The van der Waals surface area contributed by atoms with Gasteiger partial charge in [0.05, 0.1) is 10.6 Å². The van der Waals surface area contributed by atoms with Gasteiger partial charge < -0.3 is 19.6 Å². The number of fused-ring (bicyclic) bond motifs is 2. The topological polar surface area (TPSA) is 114 Å². The highest BCUT2D eigenvalue weighted by atomic mass is 32.2. The molecule has 0 saturated heterocycles. The number of ether oxygens (including phenoxy) is 1. The molecule has 0 atom stereocenters. The summed E-state index contributed by atoms with van der Waals surface area (Å²) in [4.78, 5) is 27.8. The third-order valence-corrected chi connectivity index (χ3v) is 6.97. The number of benzene rings is 1. The van der Waals surface area contributed by atoms with Crippen molar-refractivity contribution in [3.05, 3.63) is 40.9 Å². The van der Waals surface area contributed by atoms with E-state index in [2.05, 4.69) is 10.3 Å². The van der Waals surface area contributed by atoms with Crippen molar-refractivity contribution < 1.29 is 17.9 Å². The molecule has 1 aliphatic heterocycles. The van der Waals surface area contributed by atoms with Crippen LogP contribution in [0.5, 0.6) is 5.75 Å². The van der Waals surface area contributed by atoms with Crippen LogP contribution in [-0.2, 0) is 21.9 Å². The summed E-state index contributed by atoms with van der Waals surface area (Å²) in [5.41, 5.74) is 0.355. The Balaban J connectivity index is 2.11. The molecule has 0 aliphatic carbocycles. The first kappa shape index (κ1) is 20.2. The number of anilines is 1. The number of nitrogens with zero attached hydrogens (tertiary/aromatic N) is 2. The highest BCUT2D eigenvalue weighted by Crippen LogP contribution is 2.45. The summed E-state index contributed by atoms with van der Waals surface area (Å²) in [5, 5.41) is 3.38. The second-order valence-electron chi connectivity index (χ2n) is 7.93. The Bertz CT molecular complexity index is 1370. The van der Waals surface area contributed by atoms with Gasteiger partial charge in [-0.2, -0.15) is 0 Å². The van der Waals surface area contributed by atoms with Crippen molar-refractivity contribution in [1.82, 2.24) is 13.9 Å². The van der Waals surface area contributed by atoms with Crippen molar-refractivity contribution in [3.8, 4) is 16.9 Å². The maximum Gasteiger partial charge on any atom is 0.274 e. The first-order chi connectivity index (χ1) is 13.9. The minimum absolute atomic E-state index is 0.00222. The van der Waals surface area contributed by atoms with Crippen LogP contribution < -0.4 is 15.6 Å². The number of hydrogen-bond donors (Lipinski definition) is 2. The van der Waals surface area contributed by atoms with E-state index in [0.717, 1.165) is 4.31 Å². The average molecular weight is 430 g/mol. The van der Waals surface area contributed by atoms with Crippen molar-refractivity contribution in [3.63, 3.8) is 0 Å². The number of sulfonamides is 1. The van der Waals surface area contributed by atoms with Crippen molar-refractivity contribution in [2.24, 2.45) is 7.05 Å². The average Bonchev–Trinajstić information content (AvgIpc) is 3.15. The largest absolute Gasteiger partial charge is 0.475 e. The van der Waals surface area contributed by atoms with E-state index in [1.807, 2.05) is 0 Å². The number of carbonyl (C=O) groups is 1. The van der Waals surface area contributed by atoms with Crippen molar-refractivity contribution in [1.29, 1.82) is 0 Å². The summed E-state index contributed by atoms with van der Waals surface area (Å²) in [7, 11) is 0.689. The molecule has 3 aromatic rings. The van der Waals surface area contributed by atoms with E-state index < -0.39 is 15.6 Å². The van der Waals surface area contributed by atoms with Gasteiger partial charge >= 0.3 is 0 Å². The molecule has 1 aromatic carbocycles. The fourth-order valence-electron chi connectivity index (χ4n) is 3.42. The number of H-pyrrole nitrogens is 1. The first-order valence-electron chi connectivity index (χ1n) is 9.21. The first-order valence-corrected chi connectivity index (χ1v) is 10.7. The van der Waals surface area contributed by atoms with Crippen LogP contribution in [-0.4, -0.2) is 47.9 Å². The van der Waals surface area contributed by atoms with Crippen LogP contribution in [0.15, 0.2) is 40.3 Å². The Hall–Kier alpha value is -3.11. The molecule has 0 bridgehead atoms. The van der Waals surface area contributed by atoms with Crippen molar-refractivity contribution in [2.75, 3.05) is 19.4 Å². The van der Waals surface area contributed by atoms with Crippen molar-refractivity contribution in [2.45, 2.75) is 24.3 Å². The Morgan fingerprint density at radius 3 is 2.50 bits per heavy atom. The number of amides is 1. The highest BCUT2D eigenvalue weighted by molar-refractivity contribution is 7.89. The molecule has 2 N–H and O–H groups in total. The maximum atomic E-state index is 12.9. The Labute approximate surface area is 173 Å². The van der Waals surface area contributed by atoms with Crippen LogP contribution in [0.1, 0.15) is 13.8 Å². The summed E-state index contributed by atoms with van der Waals surface area (Å²) in [5.74, 6) is -0.0361. The van der Waals surface area contributed by atoms with Crippen LogP contribution >= 0.6 is 0 Å². The van der Waals surface area contributed by atoms with Gasteiger partial charge in [0.1, 0.15) is 5.52 Å². The zero-order valence-electron chi connectivity index (χ0n) is 17.2. The van der Waals surface area contributed by atoms with E-state index in [4.69, 9.17) is 4.74 Å². The van der Waals surface area contributed by atoms with Gasteiger partial charge in [0, 0.05) is 50.0 Å². The normalized spacial score (nSPS) is 15.7. The van der Waals surface area contributed by atoms with Gasteiger partial charge in [-0.25, -0.2) is 12.7 Å². The molecule has 0 unspecified atom stereocenters. The van der Waals surface area contributed by atoms with Crippen LogP contribution in [0.2, 0.25) is 0 Å². The van der Waals surface area contributed by atoms with E-state index in [-0.39, 0.29) is 22.0 Å². The monoisotopic (exact) mass is 430 g/mol. The zero-order chi connectivity index (χ0) is 22.0. The fraction of sp³-hybridized carbons (Fsp3) is 0.300. The lowest BCUT2D eigenvalue weighted by atomic mass is 9.98. The predicted molar refractivity (Wildman–Crippen MR) is 113 cm³/mol. The molecule has 0 fully saturated rings. The summed E-state index contributed by atoms with van der Waals surface area (Å²) in [6.07, 6.45) is 3.28. The second kappa shape index (κ2) is 6.44. The standard InChI is InChI=1S/C20H22N4O5S/c1-20(2)19(26)22-15-9-11(30(27,28)23(3)4)8-13(17(15)29-20)14-10-24(5)18(25)16-12(14)6-7-21-16/h6-10,21H,1-5H3,(H,22,26). The number of rotatable bonds is 3. The molecule has 3 heterocycles. The van der Waals surface area contributed by atoms with E-state index in [9.17, 15) is 18.0 Å². The summed E-state index contributed by atoms with van der Waals surface area (Å²) >= 11 is 0. The number of carbonyl (C=O) groups excluding carboxylic acids is 1. The summed E-state index contributed by atoms with van der Waals surface area (Å²) in [6.45, 7) is 3.26. The molecule has 158 valence electrons. The minimum Gasteiger partial charge on any atom is -0.475 e. The zero-order valence-corrected chi connectivity index (χ0v) is 18.0.